The molecule has 1 saturated carbocycles. The van der Waals surface area contributed by atoms with E-state index in [1.54, 1.807) is 16.9 Å². The molecule has 0 amide bonds. The van der Waals surface area contributed by atoms with Crippen LogP contribution in [-0.4, -0.2) is 48.2 Å². The van der Waals surface area contributed by atoms with Crippen molar-refractivity contribution in [1.82, 2.24) is 19.7 Å². The van der Waals surface area contributed by atoms with Crippen LogP contribution in [0.15, 0.2) is 30.7 Å². The van der Waals surface area contributed by atoms with Crippen molar-refractivity contribution in [2.75, 3.05) is 11.9 Å². The monoisotopic (exact) mass is 435 g/mol. The standard InChI is InChI=1S/C20H23Cl2N5O2/c21-14-3-4-17(22)13(7-14)8-20(5-1-2-6-20)26-18-16-9-25-27(10-15(29)11-28)19(16)24-12-23-18/h3-4,7,9,12,15,28-29H,1-2,5-6,8,10-11H2,(H,23,24,26). The van der Waals surface area contributed by atoms with Crippen molar-refractivity contribution in [3.8, 4) is 0 Å². The molecule has 0 saturated heterocycles. The van der Waals surface area contributed by atoms with Crippen molar-refractivity contribution in [2.24, 2.45) is 0 Å². The maximum atomic E-state index is 9.75. The van der Waals surface area contributed by atoms with Gasteiger partial charge in [-0.15, -0.1) is 0 Å². The highest BCUT2D eigenvalue weighted by Gasteiger charge is 2.35. The Labute approximate surface area is 178 Å². The summed E-state index contributed by atoms with van der Waals surface area (Å²) in [5, 5.41) is 29.0. The summed E-state index contributed by atoms with van der Waals surface area (Å²) in [5.41, 5.74) is 1.45. The number of hydrogen-bond acceptors (Lipinski definition) is 6. The van der Waals surface area contributed by atoms with E-state index >= 15 is 0 Å². The number of aromatic nitrogens is 4. The highest BCUT2D eigenvalue weighted by Crippen LogP contribution is 2.38. The molecule has 0 aliphatic heterocycles. The molecule has 9 heteroatoms. The van der Waals surface area contributed by atoms with Gasteiger partial charge in [-0.05, 0) is 43.0 Å². The number of nitrogens with one attached hydrogen (secondary N) is 1. The summed E-state index contributed by atoms with van der Waals surface area (Å²) < 4.78 is 1.58. The second-order valence-corrected chi connectivity index (χ2v) is 8.49. The fraction of sp³-hybridized carbons (Fsp3) is 0.450. The Balaban J connectivity index is 1.65. The number of hydrogen-bond donors (Lipinski definition) is 3. The summed E-state index contributed by atoms with van der Waals surface area (Å²) in [7, 11) is 0. The van der Waals surface area contributed by atoms with E-state index in [9.17, 15) is 5.11 Å². The summed E-state index contributed by atoms with van der Waals surface area (Å²) in [4.78, 5) is 8.78. The van der Waals surface area contributed by atoms with E-state index in [1.807, 2.05) is 12.1 Å². The molecule has 1 atom stereocenters. The molecule has 1 fully saturated rings. The molecule has 29 heavy (non-hydrogen) atoms. The van der Waals surface area contributed by atoms with E-state index in [4.69, 9.17) is 28.3 Å². The second kappa shape index (κ2) is 8.44. The van der Waals surface area contributed by atoms with Gasteiger partial charge in [-0.2, -0.15) is 5.10 Å². The predicted molar refractivity (Wildman–Crippen MR) is 113 cm³/mol. The number of nitrogens with zero attached hydrogens (tertiary/aromatic N) is 4. The van der Waals surface area contributed by atoms with Crippen LogP contribution < -0.4 is 5.32 Å². The molecule has 3 N–H and O–H groups in total. The lowest BCUT2D eigenvalue weighted by molar-refractivity contribution is 0.0792. The van der Waals surface area contributed by atoms with Crippen molar-refractivity contribution < 1.29 is 10.2 Å². The molecular weight excluding hydrogens is 413 g/mol. The van der Waals surface area contributed by atoms with Gasteiger partial charge in [0, 0.05) is 15.6 Å². The van der Waals surface area contributed by atoms with E-state index in [0.29, 0.717) is 21.5 Å². The van der Waals surface area contributed by atoms with Gasteiger partial charge in [-0.1, -0.05) is 36.0 Å². The summed E-state index contributed by atoms with van der Waals surface area (Å²) in [6.07, 6.45) is 7.28. The van der Waals surface area contributed by atoms with Gasteiger partial charge in [0.15, 0.2) is 5.65 Å². The van der Waals surface area contributed by atoms with Gasteiger partial charge in [-0.3, -0.25) is 0 Å². The number of halogens is 2. The zero-order valence-corrected chi connectivity index (χ0v) is 17.4. The van der Waals surface area contributed by atoms with Gasteiger partial charge in [-0.25, -0.2) is 14.6 Å². The third-order valence-corrected chi connectivity index (χ3v) is 6.11. The lowest BCUT2D eigenvalue weighted by Gasteiger charge is -2.32. The van der Waals surface area contributed by atoms with Crippen molar-refractivity contribution in [3.63, 3.8) is 0 Å². The highest BCUT2D eigenvalue weighted by molar-refractivity contribution is 6.33. The minimum Gasteiger partial charge on any atom is -0.394 e. The van der Waals surface area contributed by atoms with E-state index in [2.05, 4.69) is 20.4 Å². The van der Waals surface area contributed by atoms with E-state index in [-0.39, 0.29) is 18.7 Å². The third kappa shape index (κ3) is 4.33. The zero-order chi connectivity index (χ0) is 20.4. The summed E-state index contributed by atoms with van der Waals surface area (Å²) >= 11 is 12.6. The highest BCUT2D eigenvalue weighted by atomic mass is 35.5. The normalized spacial score (nSPS) is 17.0. The molecule has 2 heterocycles. The number of rotatable bonds is 7. The molecule has 3 aromatic rings. The Bertz CT molecular complexity index is 1000. The molecule has 4 rings (SSSR count). The van der Waals surface area contributed by atoms with Crippen LogP contribution in [0.1, 0.15) is 31.2 Å². The van der Waals surface area contributed by atoms with E-state index in [0.717, 1.165) is 43.1 Å². The second-order valence-electron chi connectivity index (χ2n) is 7.65. The molecule has 0 spiro atoms. The van der Waals surface area contributed by atoms with Crippen molar-refractivity contribution >= 4 is 40.1 Å². The van der Waals surface area contributed by atoms with Gasteiger partial charge in [0.1, 0.15) is 12.1 Å². The van der Waals surface area contributed by atoms with Crippen molar-refractivity contribution in [3.05, 3.63) is 46.3 Å². The topological polar surface area (TPSA) is 96.1 Å². The van der Waals surface area contributed by atoms with Crippen LogP contribution in [-0.2, 0) is 13.0 Å². The van der Waals surface area contributed by atoms with Crippen LogP contribution in [0.3, 0.4) is 0 Å². The van der Waals surface area contributed by atoms with Crippen molar-refractivity contribution in [1.29, 1.82) is 0 Å². The number of benzene rings is 1. The number of fused-ring (bicyclic) bond motifs is 1. The van der Waals surface area contributed by atoms with Crippen LogP contribution in [0.4, 0.5) is 5.82 Å². The van der Waals surface area contributed by atoms with E-state index in [1.165, 1.54) is 6.33 Å². The molecule has 1 unspecified atom stereocenters. The first-order valence-electron chi connectivity index (χ1n) is 9.67. The first-order chi connectivity index (χ1) is 14.0. The minimum atomic E-state index is -0.893. The molecule has 154 valence electrons. The Morgan fingerprint density at radius 3 is 2.76 bits per heavy atom. The molecule has 0 radical (unpaired) electrons. The number of aliphatic hydroxyl groups is 2. The molecular formula is C20H23Cl2N5O2. The Kier molecular flexibility index (Phi) is 5.92. The zero-order valence-electron chi connectivity index (χ0n) is 15.9. The first-order valence-corrected chi connectivity index (χ1v) is 10.4. The third-order valence-electron chi connectivity index (χ3n) is 5.51. The average Bonchev–Trinajstić information content (AvgIpc) is 3.33. The number of aliphatic hydroxyl groups excluding tert-OH is 2. The lowest BCUT2D eigenvalue weighted by atomic mass is 9.89. The maximum absolute atomic E-state index is 9.75. The largest absolute Gasteiger partial charge is 0.394 e. The van der Waals surface area contributed by atoms with Crippen molar-refractivity contribution in [2.45, 2.75) is 50.3 Å². The van der Waals surface area contributed by atoms with Gasteiger partial charge >= 0.3 is 0 Å². The van der Waals surface area contributed by atoms with Crippen LogP contribution >= 0.6 is 23.2 Å². The van der Waals surface area contributed by atoms with Gasteiger partial charge < -0.3 is 15.5 Å². The predicted octanol–water partition coefficient (Wildman–Crippen LogP) is 3.45. The maximum Gasteiger partial charge on any atom is 0.163 e. The first kappa shape index (κ1) is 20.3. The Morgan fingerprint density at radius 1 is 1.21 bits per heavy atom. The molecule has 1 aliphatic carbocycles. The number of anilines is 1. The van der Waals surface area contributed by atoms with E-state index < -0.39 is 6.10 Å². The quantitative estimate of drug-likeness (QED) is 0.525. The fourth-order valence-corrected chi connectivity index (χ4v) is 4.45. The Hall–Kier alpha value is -1.93. The van der Waals surface area contributed by atoms with Crippen LogP contribution in [0.25, 0.3) is 11.0 Å². The minimum absolute atomic E-state index is 0.166. The molecule has 1 aromatic carbocycles. The fourth-order valence-electron chi connectivity index (χ4n) is 4.08. The Morgan fingerprint density at radius 2 is 2.00 bits per heavy atom. The summed E-state index contributed by atoms with van der Waals surface area (Å²) in [5.74, 6) is 0.708. The average molecular weight is 436 g/mol. The molecule has 0 bridgehead atoms. The SMILES string of the molecule is OCC(O)Cn1ncc2c(NC3(Cc4cc(Cl)ccc4Cl)CCCC3)ncnc21. The van der Waals surface area contributed by atoms with Crippen LogP contribution in [0.2, 0.25) is 10.0 Å². The molecule has 7 nitrogen and oxygen atoms in total. The smallest absolute Gasteiger partial charge is 0.163 e. The van der Waals surface area contributed by atoms with Gasteiger partial charge in [0.05, 0.1) is 30.8 Å². The molecule has 2 aromatic heterocycles. The van der Waals surface area contributed by atoms with Crippen LogP contribution in [0, 0.1) is 0 Å². The summed E-state index contributed by atoms with van der Waals surface area (Å²) in [6.45, 7) is -0.166. The van der Waals surface area contributed by atoms with Crippen LogP contribution in [0.5, 0.6) is 0 Å². The summed E-state index contributed by atoms with van der Waals surface area (Å²) in [6, 6.07) is 5.56. The van der Waals surface area contributed by atoms with Gasteiger partial charge in [0.2, 0.25) is 0 Å². The lowest BCUT2D eigenvalue weighted by Crippen LogP contribution is -2.38. The molecule has 1 aliphatic rings. The van der Waals surface area contributed by atoms with Gasteiger partial charge in [0.25, 0.3) is 0 Å².